The van der Waals surface area contributed by atoms with Crippen LogP contribution in [-0.4, -0.2) is 42.5 Å². The van der Waals surface area contributed by atoms with E-state index >= 15 is 0 Å². The summed E-state index contributed by atoms with van der Waals surface area (Å²) >= 11 is 0. The maximum absolute atomic E-state index is 12.9. The Morgan fingerprint density at radius 1 is 1.35 bits per heavy atom. The topological polar surface area (TPSA) is 58.6 Å². The van der Waals surface area contributed by atoms with Gasteiger partial charge in [0.2, 0.25) is 0 Å². The van der Waals surface area contributed by atoms with E-state index in [0.717, 1.165) is 12.8 Å². The monoisotopic (exact) mass is 245 g/mol. The average Bonchev–Trinajstić information content (AvgIpc) is 2.73. The van der Waals surface area contributed by atoms with Gasteiger partial charge in [-0.3, -0.25) is 4.79 Å². The van der Waals surface area contributed by atoms with Gasteiger partial charge in [-0.25, -0.2) is 4.39 Å². The molecule has 0 aromatic carbocycles. The Morgan fingerprint density at radius 2 is 2.06 bits per heavy atom. The number of carbonyl (C=O) groups is 1. The minimum Gasteiger partial charge on any atom is -0.481 e. The van der Waals surface area contributed by atoms with E-state index in [9.17, 15) is 9.18 Å². The zero-order valence-electron chi connectivity index (χ0n) is 9.90. The molecule has 2 unspecified atom stereocenters. The first kappa shape index (κ1) is 12.8. The lowest BCUT2D eigenvalue weighted by Gasteiger charge is -2.27. The van der Waals surface area contributed by atoms with Crippen LogP contribution in [-0.2, 0) is 9.53 Å². The van der Waals surface area contributed by atoms with Crippen molar-refractivity contribution in [2.45, 2.75) is 50.4 Å². The SMILES string of the molecule is O=C(O)C1CCC(OCC2CC(F)CN2)CC1. The van der Waals surface area contributed by atoms with Crippen LogP contribution in [0.3, 0.4) is 0 Å². The van der Waals surface area contributed by atoms with Gasteiger partial charge in [0, 0.05) is 12.6 Å². The van der Waals surface area contributed by atoms with Gasteiger partial charge < -0.3 is 15.2 Å². The highest BCUT2D eigenvalue weighted by molar-refractivity contribution is 5.70. The zero-order valence-corrected chi connectivity index (χ0v) is 9.90. The lowest BCUT2D eigenvalue weighted by molar-refractivity contribution is -0.143. The number of halogens is 1. The molecule has 98 valence electrons. The summed E-state index contributed by atoms with van der Waals surface area (Å²) in [5.74, 6) is -0.893. The number of carboxylic acid groups (broad SMARTS) is 1. The normalized spacial score (nSPS) is 38.2. The van der Waals surface area contributed by atoms with E-state index in [4.69, 9.17) is 9.84 Å². The van der Waals surface area contributed by atoms with E-state index in [1.54, 1.807) is 0 Å². The van der Waals surface area contributed by atoms with Crippen molar-refractivity contribution in [3.8, 4) is 0 Å². The van der Waals surface area contributed by atoms with Crippen LogP contribution in [0.5, 0.6) is 0 Å². The summed E-state index contributed by atoms with van der Waals surface area (Å²) in [4.78, 5) is 10.8. The van der Waals surface area contributed by atoms with Gasteiger partial charge in [0.25, 0.3) is 0 Å². The van der Waals surface area contributed by atoms with E-state index in [2.05, 4.69) is 5.32 Å². The predicted octanol–water partition coefficient (Wildman–Crippen LogP) is 1.35. The number of nitrogens with one attached hydrogen (secondary N) is 1. The van der Waals surface area contributed by atoms with Crippen molar-refractivity contribution in [3.05, 3.63) is 0 Å². The maximum atomic E-state index is 12.9. The predicted molar refractivity (Wildman–Crippen MR) is 60.6 cm³/mol. The Bertz CT molecular complexity index is 266. The van der Waals surface area contributed by atoms with Crippen LogP contribution in [0.2, 0.25) is 0 Å². The van der Waals surface area contributed by atoms with Gasteiger partial charge in [-0.1, -0.05) is 0 Å². The van der Waals surface area contributed by atoms with Crippen molar-refractivity contribution >= 4 is 5.97 Å². The van der Waals surface area contributed by atoms with Crippen LogP contribution in [0, 0.1) is 5.92 Å². The van der Waals surface area contributed by atoms with E-state index in [-0.39, 0.29) is 18.1 Å². The quantitative estimate of drug-likeness (QED) is 0.785. The van der Waals surface area contributed by atoms with Crippen molar-refractivity contribution in [2.24, 2.45) is 5.92 Å². The van der Waals surface area contributed by atoms with Gasteiger partial charge in [-0.15, -0.1) is 0 Å². The highest BCUT2D eigenvalue weighted by Crippen LogP contribution is 2.26. The van der Waals surface area contributed by atoms with Crippen molar-refractivity contribution in [2.75, 3.05) is 13.2 Å². The second-order valence-electron chi connectivity index (χ2n) is 5.08. The molecule has 2 rings (SSSR count). The van der Waals surface area contributed by atoms with Gasteiger partial charge in [0.05, 0.1) is 18.6 Å². The summed E-state index contributed by atoms with van der Waals surface area (Å²) in [6.07, 6.45) is 2.96. The molecule has 0 spiro atoms. The molecule has 5 heteroatoms. The van der Waals surface area contributed by atoms with E-state index in [1.165, 1.54) is 0 Å². The van der Waals surface area contributed by atoms with Crippen molar-refractivity contribution in [3.63, 3.8) is 0 Å². The van der Waals surface area contributed by atoms with Crippen LogP contribution in [0.4, 0.5) is 4.39 Å². The van der Waals surface area contributed by atoms with Gasteiger partial charge in [-0.2, -0.15) is 0 Å². The van der Waals surface area contributed by atoms with Gasteiger partial charge in [0.1, 0.15) is 6.17 Å². The molecule has 2 aliphatic rings. The molecule has 1 aliphatic carbocycles. The van der Waals surface area contributed by atoms with E-state index in [1.807, 2.05) is 0 Å². The van der Waals surface area contributed by atoms with E-state index < -0.39 is 12.1 Å². The molecule has 4 nitrogen and oxygen atoms in total. The molecule has 1 saturated carbocycles. The number of carboxylic acids is 1. The first-order valence-electron chi connectivity index (χ1n) is 6.37. The molecule has 1 aliphatic heterocycles. The van der Waals surface area contributed by atoms with Crippen molar-refractivity contribution in [1.29, 1.82) is 0 Å². The second-order valence-corrected chi connectivity index (χ2v) is 5.08. The lowest BCUT2D eigenvalue weighted by atomic mass is 9.87. The molecular weight excluding hydrogens is 225 g/mol. The summed E-state index contributed by atoms with van der Waals surface area (Å²) in [6, 6.07) is 0.127. The van der Waals surface area contributed by atoms with Crippen LogP contribution in [0.25, 0.3) is 0 Å². The Morgan fingerprint density at radius 3 is 2.59 bits per heavy atom. The third kappa shape index (κ3) is 3.64. The highest BCUT2D eigenvalue weighted by Gasteiger charge is 2.28. The first-order chi connectivity index (χ1) is 8.15. The molecule has 1 heterocycles. The molecule has 0 aromatic rings. The summed E-state index contributed by atoms with van der Waals surface area (Å²) < 4.78 is 18.6. The third-order valence-electron chi connectivity index (χ3n) is 3.72. The fourth-order valence-electron chi connectivity index (χ4n) is 2.63. The number of alkyl halides is 1. The molecule has 17 heavy (non-hydrogen) atoms. The highest BCUT2D eigenvalue weighted by atomic mass is 19.1. The Balaban J connectivity index is 1.63. The summed E-state index contributed by atoms with van der Waals surface area (Å²) in [6.45, 7) is 0.975. The number of aliphatic carboxylic acids is 1. The number of rotatable bonds is 4. The minimum atomic E-state index is -0.744. The molecule has 0 bridgehead atoms. The fourth-order valence-corrected chi connectivity index (χ4v) is 2.63. The van der Waals surface area contributed by atoms with Crippen molar-refractivity contribution < 1.29 is 19.0 Å². The fraction of sp³-hybridized carbons (Fsp3) is 0.917. The van der Waals surface area contributed by atoms with Crippen molar-refractivity contribution in [1.82, 2.24) is 5.32 Å². The largest absolute Gasteiger partial charge is 0.481 e. The van der Waals surface area contributed by atoms with Crippen LogP contribution >= 0.6 is 0 Å². The van der Waals surface area contributed by atoms with Crippen LogP contribution in [0.1, 0.15) is 32.1 Å². The molecule has 2 N–H and O–H groups in total. The van der Waals surface area contributed by atoms with E-state index in [0.29, 0.717) is 32.4 Å². The van der Waals surface area contributed by atoms with Crippen LogP contribution < -0.4 is 5.32 Å². The number of ether oxygens (including phenoxy) is 1. The number of hydrogen-bond acceptors (Lipinski definition) is 3. The minimum absolute atomic E-state index is 0.127. The van der Waals surface area contributed by atoms with Gasteiger partial charge in [-0.05, 0) is 32.1 Å². The summed E-state index contributed by atoms with van der Waals surface area (Å²) in [5.41, 5.74) is 0. The molecule has 0 amide bonds. The molecule has 0 radical (unpaired) electrons. The Hall–Kier alpha value is -0.680. The summed E-state index contributed by atoms with van der Waals surface area (Å²) in [5, 5.41) is 11.9. The Labute approximate surface area is 101 Å². The standard InChI is InChI=1S/C12H20FNO3/c13-9-5-10(14-6-9)7-17-11-3-1-8(2-4-11)12(15)16/h8-11,14H,1-7H2,(H,15,16). The lowest BCUT2D eigenvalue weighted by Crippen LogP contribution is -2.32. The molecule has 2 atom stereocenters. The van der Waals surface area contributed by atoms with Crippen LogP contribution in [0.15, 0.2) is 0 Å². The Kier molecular flexibility index (Phi) is 4.34. The smallest absolute Gasteiger partial charge is 0.306 e. The zero-order chi connectivity index (χ0) is 12.3. The van der Waals surface area contributed by atoms with Gasteiger partial charge in [0.15, 0.2) is 0 Å². The maximum Gasteiger partial charge on any atom is 0.306 e. The second kappa shape index (κ2) is 5.78. The molecule has 2 fully saturated rings. The average molecular weight is 245 g/mol. The summed E-state index contributed by atoms with van der Waals surface area (Å²) in [7, 11) is 0. The number of hydrogen-bond donors (Lipinski definition) is 2. The van der Waals surface area contributed by atoms with Gasteiger partial charge >= 0.3 is 5.97 Å². The molecule has 1 saturated heterocycles. The molecular formula is C12H20FNO3. The third-order valence-corrected chi connectivity index (χ3v) is 3.72. The molecule has 0 aromatic heterocycles. The first-order valence-corrected chi connectivity index (χ1v) is 6.37.